The summed E-state index contributed by atoms with van der Waals surface area (Å²) in [6.07, 6.45) is 8.98. The Morgan fingerprint density at radius 3 is 1.09 bits per heavy atom. The third-order valence-electron chi connectivity index (χ3n) is 15.4. The van der Waals surface area contributed by atoms with Crippen molar-refractivity contribution in [3.05, 3.63) is 240 Å². The average Bonchev–Trinajstić information content (AvgIpc) is 3.96. The van der Waals surface area contributed by atoms with Crippen LogP contribution in [0.5, 0.6) is 0 Å². The summed E-state index contributed by atoms with van der Waals surface area (Å²) >= 11 is -5.75. The summed E-state index contributed by atoms with van der Waals surface area (Å²) in [6.45, 7) is 4.65. The van der Waals surface area contributed by atoms with Crippen LogP contribution in [0, 0.1) is 0 Å². The monoisotopic (exact) mass is 1010 g/mol. The number of allylic oxidation sites excluding steroid dienone is 2. The normalized spacial score (nSPS) is 16.2. The van der Waals surface area contributed by atoms with Gasteiger partial charge in [-0.2, -0.15) is 0 Å². The zero-order valence-corrected chi connectivity index (χ0v) is 43.7. The summed E-state index contributed by atoms with van der Waals surface area (Å²) in [5, 5.41) is 12.7. The second kappa shape index (κ2) is 17.4. The molecule has 0 saturated carbocycles. The molecule has 4 heteroatoms. The van der Waals surface area contributed by atoms with E-state index in [1.165, 1.54) is 109 Å². The molecule has 0 fully saturated rings. The van der Waals surface area contributed by atoms with Gasteiger partial charge in [-0.25, -0.2) is 0 Å². The third-order valence-corrected chi connectivity index (χ3v) is 57.3. The van der Waals surface area contributed by atoms with Gasteiger partial charge in [0.15, 0.2) is 0 Å². The van der Waals surface area contributed by atoms with E-state index in [1.807, 2.05) is 0 Å². The summed E-state index contributed by atoms with van der Waals surface area (Å²) < 4.78 is -0.238. The zero-order chi connectivity index (χ0) is 46.0. The van der Waals surface area contributed by atoms with Gasteiger partial charge in [0.1, 0.15) is 0 Å². The van der Waals surface area contributed by atoms with E-state index in [1.54, 1.807) is 0 Å². The van der Waals surface area contributed by atoms with Crippen molar-refractivity contribution >= 4 is 88.6 Å². The minimum absolute atomic E-state index is 0.119. The van der Waals surface area contributed by atoms with Gasteiger partial charge in [0.2, 0.25) is 0 Å². The molecule has 0 bridgehead atoms. The van der Waals surface area contributed by atoms with E-state index in [0.29, 0.717) is 0 Å². The van der Waals surface area contributed by atoms with Crippen LogP contribution in [0.25, 0.3) is 77.5 Å². The topological polar surface area (TPSA) is 0 Å². The van der Waals surface area contributed by atoms with Crippen molar-refractivity contribution in [2.75, 3.05) is 0 Å². The van der Waals surface area contributed by atoms with Crippen molar-refractivity contribution in [1.29, 1.82) is 0 Å². The van der Waals surface area contributed by atoms with Crippen molar-refractivity contribution in [2.45, 2.75) is 46.8 Å². The second-order valence-corrected chi connectivity index (χ2v) is 57.4. The number of fused-ring (bicyclic) bond motifs is 6. The van der Waals surface area contributed by atoms with Crippen molar-refractivity contribution < 1.29 is 15.6 Å². The Bertz CT molecular complexity index is 3320. The van der Waals surface area contributed by atoms with Crippen molar-refractivity contribution in [2.24, 2.45) is 0 Å². The van der Waals surface area contributed by atoms with E-state index in [0.717, 1.165) is 25.7 Å². The molecular weight excluding hydrogens is 959 g/mol. The van der Waals surface area contributed by atoms with Gasteiger partial charge in [0, 0.05) is 0 Å². The molecule has 12 rings (SSSR count). The molecule has 0 radical (unpaired) electrons. The predicted octanol–water partition coefficient (Wildman–Crippen LogP) is 17.3. The molecule has 0 spiro atoms. The van der Waals surface area contributed by atoms with Crippen LogP contribution in [0.4, 0.5) is 0 Å². The van der Waals surface area contributed by atoms with E-state index in [2.05, 4.69) is 232 Å². The zero-order valence-electron chi connectivity index (χ0n) is 38.6. The van der Waals surface area contributed by atoms with Crippen molar-refractivity contribution in [1.82, 2.24) is 0 Å². The molecule has 0 amide bonds. The average molecular weight is 1010 g/mol. The summed E-state index contributed by atoms with van der Waals surface area (Å²) in [5.41, 5.74) is 13.1. The molecule has 0 N–H and O–H groups in total. The molecule has 2 atom stereocenters. The molecule has 2 aliphatic rings. The molecule has 0 saturated heterocycles. The van der Waals surface area contributed by atoms with Crippen molar-refractivity contribution in [3.63, 3.8) is 0 Å². The standard InChI is InChI=1S/2C26H21.C12H11Si.2ClH.Zr/c2*1-2-8-18-15-19-11-7-14-24(25(19)16-18)26-22-12-5-3-9-20(22)17-21-10-4-6-13-23(21)26;1-3-7-11(8-4-1)13-12-9-5-2-6-10-12;;;/h2*3-7,9-17H,2,8H2,1H3;1-10,13H;2*1H;/q;;;;;+2/p-2. The van der Waals surface area contributed by atoms with Gasteiger partial charge >= 0.3 is 413 Å². The van der Waals surface area contributed by atoms with Gasteiger partial charge < -0.3 is 0 Å². The summed E-state index contributed by atoms with van der Waals surface area (Å²) in [4.78, 5) is 0. The van der Waals surface area contributed by atoms with Crippen LogP contribution in [0.3, 0.4) is 0 Å². The quantitative estimate of drug-likeness (QED) is 0.0895. The number of halogens is 2. The first-order chi connectivity index (χ1) is 33.4. The number of hydrogen-bond acceptors (Lipinski definition) is 0. The van der Waals surface area contributed by atoms with E-state index in [9.17, 15) is 17.0 Å². The SMILES string of the molecule is CCCC1=Cc2c(-c3c4ccccc4cc4ccccc34)cccc2[CH]1[Zr]([Cl])([Cl])([CH]1C(CCC)=Cc2c(-c3c4ccccc4cc4ccccc34)cccc21)[SiH](c1ccccc1)c1ccccc1. The van der Waals surface area contributed by atoms with Crippen LogP contribution in [0.15, 0.2) is 217 Å². The molecule has 0 heterocycles. The molecule has 2 unspecified atom stereocenters. The van der Waals surface area contributed by atoms with E-state index in [-0.39, 0.29) is 7.25 Å². The molecule has 10 aromatic carbocycles. The fourth-order valence-electron chi connectivity index (χ4n) is 12.9. The van der Waals surface area contributed by atoms with Gasteiger partial charge in [-0.15, -0.1) is 0 Å². The Hall–Kier alpha value is -5.60. The third kappa shape index (κ3) is 6.85. The van der Waals surface area contributed by atoms with E-state index in [4.69, 9.17) is 0 Å². The maximum atomic E-state index is 9.69. The number of benzene rings is 10. The van der Waals surface area contributed by atoms with Gasteiger partial charge in [-0.1, -0.05) is 0 Å². The van der Waals surface area contributed by atoms with Crippen LogP contribution in [0.2, 0.25) is 0 Å². The van der Waals surface area contributed by atoms with Crippen molar-refractivity contribution in [3.8, 4) is 22.3 Å². The van der Waals surface area contributed by atoms with Gasteiger partial charge in [0.25, 0.3) is 0 Å². The molecule has 0 nitrogen and oxygen atoms in total. The van der Waals surface area contributed by atoms with Gasteiger partial charge in [0.05, 0.1) is 0 Å². The van der Waals surface area contributed by atoms with Crippen LogP contribution in [-0.2, 0) is 15.6 Å². The first kappa shape index (κ1) is 43.7. The van der Waals surface area contributed by atoms with Gasteiger partial charge in [-0.3, -0.25) is 0 Å². The van der Waals surface area contributed by atoms with Crippen LogP contribution < -0.4 is 10.4 Å². The fourth-order valence-corrected chi connectivity index (χ4v) is 62.9. The first-order valence-electron chi connectivity index (χ1n) is 24.5. The Labute approximate surface area is 409 Å². The van der Waals surface area contributed by atoms with E-state index < -0.39 is 21.5 Å². The molecular formula is C64H53Cl2SiZr. The summed E-state index contributed by atoms with van der Waals surface area (Å²) in [5.74, 6) is -2.53. The number of rotatable bonds is 11. The minimum atomic E-state index is -5.75. The Morgan fingerprint density at radius 2 is 0.735 bits per heavy atom. The molecule has 68 heavy (non-hydrogen) atoms. The molecule has 0 aliphatic heterocycles. The van der Waals surface area contributed by atoms with Crippen LogP contribution in [0.1, 0.15) is 69.0 Å². The van der Waals surface area contributed by atoms with Crippen LogP contribution in [-0.4, -0.2) is 5.92 Å². The Balaban J connectivity index is 1.19. The molecule has 331 valence electrons. The summed E-state index contributed by atoms with van der Waals surface area (Å²) in [7, 11) is 19.4. The predicted molar refractivity (Wildman–Crippen MR) is 296 cm³/mol. The second-order valence-electron chi connectivity index (χ2n) is 19.3. The first-order valence-corrected chi connectivity index (χ1v) is 39.7. The Morgan fingerprint density at radius 1 is 0.397 bits per heavy atom. The Kier molecular flexibility index (Phi) is 11.2. The van der Waals surface area contributed by atoms with Gasteiger partial charge in [-0.05, 0) is 0 Å². The number of hydrogen-bond donors (Lipinski definition) is 0. The van der Waals surface area contributed by atoms with E-state index >= 15 is 0 Å². The summed E-state index contributed by atoms with van der Waals surface area (Å²) in [6, 6.07) is 77.0. The molecule has 2 aliphatic carbocycles. The maximum absolute atomic E-state index is 9.69. The fraction of sp³-hybridized carbons (Fsp3) is 0.125. The van der Waals surface area contributed by atoms with Crippen LogP contribution >= 0.6 is 17.0 Å². The molecule has 10 aromatic rings. The molecule has 0 aromatic heterocycles.